The van der Waals surface area contributed by atoms with Crippen LogP contribution in [0.2, 0.25) is 0 Å². The van der Waals surface area contributed by atoms with E-state index in [9.17, 15) is 14.3 Å². The molecule has 2 rings (SSSR count). The van der Waals surface area contributed by atoms with Crippen molar-refractivity contribution in [1.29, 1.82) is 0 Å². The van der Waals surface area contributed by atoms with Crippen LogP contribution in [0.3, 0.4) is 0 Å². The monoisotopic (exact) mass is 295 g/mol. The van der Waals surface area contributed by atoms with Crippen molar-refractivity contribution in [2.45, 2.75) is 38.1 Å². The number of carbonyl (C=O) groups is 1. The molecule has 0 aromatic heterocycles. The summed E-state index contributed by atoms with van der Waals surface area (Å²) in [6.45, 7) is 3.82. The molecule has 116 valence electrons. The maximum atomic E-state index is 12.8. The lowest BCUT2D eigenvalue weighted by Gasteiger charge is -2.41. The number of hydrogen-bond acceptors (Lipinski definition) is 3. The Hall–Kier alpha value is -1.62. The molecule has 1 fully saturated rings. The highest BCUT2D eigenvalue weighted by Crippen LogP contribution is 2.28. The molecule has 21 heavy (non-hydrogen) atoms. The molecule has 0 bridgehead atoms. The molecule has 1 aromatic rings. The number of nitrogens with zero attached hydrogens (tertiary/aromatic N) is 1. The molecule has 1 aliphatic heterocycles. The molecule has 1 saturated heterocycles. The highest BCUT2D eigenvalue weighted by atomic mass is 19.1. The smallest absolute Gasteiger partial charge is 0.323 e. The third-order valence-corrected chi connectivity index (χ3v) is 4.16. The maximum Gasteiger partial charge on any atom is 0.323 e. The summed E-state index contributed by atoms with van der Waals surface area (Å²) in [7, 11) is 0. The normalized spacial score (nSPS) is 23.0. The van der Waals surface area contributed by atoms with Gasteiger partial charge < -0.3 is 9.84 Å². The van der Waals surface area contributed by atoms with Gasteiger partial charge in [0.2, 0.25) is 0 Å². The van der Waals surface area contributed by atoms with Gasteiger partial charge in [-0.25, -0.2) is 4.39 Å². The first-order valence-electron chi connectivity index (χ1n) is 7.39. The predicted octanol–water partition coefficient (Wildman–Crippen LogP) is 2.92. The molecule has 4 nitrogen and oxygen atoms in total. The molecule has 1 N–H and O–H groups in total. The van der Waals surface area contributed by atoms with Crippen molar-refractivity contribution in [1.82, 2.24) is 4.90 Å². The van der Waals surface area contributed by atoms with Gasteiger partial charge in [0.05, 0.1) is 6.61 Å². The summed E-state index contributed by atoms with van der Waals surface area (Å²) in [5.41, 5.74) is -0.756. The van der Waals surface area contributed by atoms with Crippen LogP contribution in [0.4, 0.5) is 4.39 Å². The molecular weight excluding hydrogens is 273 g/mol. The van der Waals surface area contributed by atoms with Crippen LogP contribution < -0.4 is 4.74 Å². The second-order valence-corrected chi connectivity index (χ2v) is 5.68. The van der Waals surface area contributed by atoms with Crippen LogP contribution in [-0.2, 0) is 4.79 Å². The Morgan fingerprint density at radius 3 is 2.76 bits per heavy atom. The second kappa shape index (κ2) is 6.89. The number of rotatable bonds is 6. The van der Waals surface area contributed by atoms with Gasteiger partial charge in [0.15, 0.2) is 0 Å². The lowest BCUT2D eigenvalue weighted by molar-refractivity contribution is -0.153. The fraction of sp³-hybridized carbons (Fsp3) is 0.562. The van der Waals surface area contributed by atoms with E-state index in [-0.39, 0.29) is 5.82 Å². The van der Waals surface area contributed by atoms with Crippen LogP contribution in [0.15, 0.2) is 24.3 Å². The lowest BCUT2D eigenvalue weighted by atomic mass is 9.88. The van der Waals surface area contributed by atoms with Crippen LogP contribution >= 0.6 is 0 Å². The van der Waals surface area contributed by atoms with Crippen molar-refractivity contribution >= 4 is 5.97 Å². The molecule has 0 amide bonds. The zero-order valence-electron chi connectivity index (χ0n) is 12.3. The van der Waals surface area contributed by atoms with Gasteiger partial charge in [0.25, 0.3) is 0 Å². The van der Waals surface area contributed by atoms with Crippen LogP contribution in [0.5, 0.6) is 5.75 Å². The van der Waals surface area contributed by atoms with Gasteiger partial charge in [-0.3, -0.25) is 9.69 Å². The van der Waals surface area contributed by atoms with Gasteiger partial charge in [-0.05, 0) is 63.4 Å². The van der Waals surface area contributed by atoms with E-state index in [2.05, 4.69) is 0 Å². The van der Waals surface area contributed by atoms with Crippen molar-refractivity contribution in [3.05, 3.63) is 30.1 Å². The molecule has 5 heteroatoms. The average Bonchev–Trinajstić information content (AvgIpc) is 2.47. The van der Waals surface area contributed by atoms with E-state index in [4.69, 9.17) is 4.74 Å². The standard InChI is InChI=1S/C16H22FNO3/c1-16(15(19)20)9-2-3-10-18(16)11-4-12-21-14-7-5-13(17)6-8-14/h5-8H,2-4,9-12H2,1H3,(H,19,20). The number of aliphatic carboxylic acids is 1. The van der Waals surface area contributed by atoms with Crippen LogP contribution in [0.25, 0.3) is 0 Å². The Morgan fingerprint density at radius 2 is 2.10 bits per heavy atom. The molecule has 1 unspecified atom stereocenters. The summed E-state index contributed by atoms with van der Waals surface area (Å²) >= 11 is 0. The Bertz CT molecular complexity index is 477. The van der Waals surface area contributed by atoms with Crippen LogP contribution in [0, 0.1) is 5.82 Å². The van der Waals surface area contributed by atoms with E-state index in [1.165, 1.54) is 12.1 Å². The van der Waals surface area contributed by atoms with Gasteiger partial charge in [-0.15, -0.1) is 0 Å². The van der Waals surface area contributed by atoms with E-state index in [1.807, 2.05) is 4.90 Å². The van der Waals surface area contributed by atoms with Crippen LogP contribution in [0.1, 0.15) is 32.6 Å². The van der Waals surface area contributed by atoms with Crippen molar-refractivity contribution in [3.8, 4) is 5.75 Å². The molecule has 1 atom stereocenters. The molecule has 0 saturated carbocycles. The lowest BCUT2D eigenvalue weighted by Crippen LogP contribution is -2.55. The molecule has 0 radical (unpaired) electrons. The Labute approximate surface area is 124 Å². The zero-order valence-corrected chi connectivity index (χ0v) is 12.3. The van der Waals surface area contributed by atoms with Gasteiger partial charge in [0.1, 0.15) is 17.1 Å². The number of carboxylic acid groups (broad SMARTS) is 1. The molecule has 0 aliphatic carbocycles. The van der Waals surface area contributed by atoms with E-state index in [1.54, 1.807) is 19.1 Å². The van der Waals surface area contributed by atoms with Gasteiger partial charge in [-0.2, -0.15) is 0 Å². The minimum Gasteiger partial charge on any atom is -0.494 e. The highest BCUT2D eigenvalue weighted by Gasteiger charge is 2.40. The van der Waals surface area contributed by atoms with Crippen molar-refractivity contribution in [2.75, 3.05) is 19.7 Å². The molecule has 0 spiro atoms. The summed E-state index contributed by atoms with van der Waals surface area (Å²) in [5, 5.41) is 9.42. The van der Waals surface area contributed by atoms with E-state index < -0.39 is 11.5 Å². The number of benzene rings is 1. The third kappa shape index (κ3) is 3.94. The topological polar surface area (TPSA) is 49.8 Å². The Balaban J connectivity index is 1.79. The number of hydrogen-bond donors (Lipinski definition) is 1. The summed E-state index contributed by atoms with van der Waals surface area (Å²) < 4.78 is 18.3. The summed E-state index contributed by atoms with van der Waals surface area (Å²) in [6, 6.07) is 5.91. The minimum atomic E-state index is -0.756. The molecule has 1 aromatic carbocycles. The first kappa shape index (κ1) is 15.8. The Morgan fingerprint density at radius 1 is 1.38 bits per heavy atom. The first-order chi connectivity index (χ1) is 10.0. The number of halogens is 1. The van der Waals surface area contributed by atoms with Gasteiger partial charge in [0, 0.05) is 6.54 Å². The number of ether oxygens (including phenoxy) is 1. The number of carboxylic acids is 1. The highest BCUT2D eigenvalue weighted by molar-refractivity contribution is 5.78. The van der Waals surface area contributed by atoms with E-state index >= 15 is 0 Å². The first-order valence-corrected chi connectivity index (χ1v) is 7.39. The summed E-state index contributed by atoms with van der Waals surface area (Å²) in [6.07, 6.45) is 3.45. The molecule has 1 aliphatic rings. The largest absolute Gasteiger partial charge is 0.494 e. The SMILES string of the molecule is CC1(C(=O)O)CCCCN1CCCOc1ccc(F)cc1. The maximum absolute atomic E-state index is 12.8. The quantitative estimate of drug-likeness (QED) is 0.820. The zero-order chi connectivity index (χ0) is 15.3. The Kier molecular flexibility index (Phi) is 5.17. The second-order valence-electron chi connectivity index (χ2n) is 5.68. The number of likely N-dealkylation sites (tertiary alicyclic amines) is 1. The molecular formula is C16H22FNO3. The number of piperidine rings is 1. The minimum absolute atomic E-state index is 0.284. The summed E-state index contributed by atoms with van der Waals surface area (Å²) in [5.74, 6) is -0.398. The third-order valence-electron chi connectivity index (χ3n) is 4.16. The van der Waals surface area contributed by atoms with E-state index in [0.29, 0.717) is 25.3 Å². The van der Waals surface area contributed by atoms with Crippen molar-refractivity contribution in [3.63, 3.8) is 0 Å². The van der Waals surface area contributed by atoms with Crippen molar-refractivity contribution < 1.29 is 19.0 Å². The van der Waals surface area contributed by atoms with Crippen molar-refractivity contribution in [2.24, 2.45) is 0 Å². The van der Waals surface area contributed by atoms with Gasteiger partial charge >= 0.3 is 5.97 Å². The van der Waals surface area contributed by atoms with Crippen LogP contribution in [-0.4, -0.2) is 41.2 Å². The van der Waals surface area contributed by atoms with Gasteiger partial charge in [-0.1, -0.05) is 0 Å². The molecule has 1 heterocycles. The average molecular weight is 295 g/mol. The fourth-order valence-electron chi connectivity index (χ4n) is 2.75. The fourth-order valence-corrected chi connectivity index (χ4v) is 2.75. The predicted molar refractivity (Wildman–Crippen MR) is 78.0 cm³/mol. The summed E-state index contributed by atoms with van der Waals surface area (Å²) in [4.78, 5) is 13.5. The van der Waals surface area contributed by atoms with E-state index in [0.717, 1.165) is 25.8 Å².